The van der Waals surface area contributed by atoms with E-state index in [2.05, 4.69) is 10.2 Å². The highest BCUT2D eigenvalue weighted by Gasteiger charge is 2.12. The molecule has 1 fully saturated rings. The van der Waals surface area contributed by atoms with Crippen LogP contribution in [-0.4, -0.2) is 32.2 Å². The smallest absolute Gasteiger partial charge is 0.261 e. The molecule has 114 valence electrons. The highest BCUT2D eigenvalue weighted by molar-refractivity contribution is 6.03. The van der Waals surface area contributed by atoms with Crippen molar-refractivity contribution in [1.29, 1.82) is 0 Å². The third kappa shape index (κ3) is 3.35. The highest BCUT2D eigenvalue weighted by Crippen LogP contribution is 2.19. The molecule has 3 rings (SSSR count). The lowest BCUT2D eigenvalue weighted by Gasteiger charge is -2.28. The number of ether oxygens (including phenoxy) is 1. The molecule has 1 amide bonds. The van der Waals surface area contributed by atoms with Gasteiger partial charge in [-0.1, -0.05) is 0 Å². The molecule has 0 aliphatic carbocycles. The van der Waals surface area contributed by atoms with E-state index in [1.165, 1.54) is 12.4 Å². The summed E-state index contributed by atoms with van der Waals surface area (Å²) in [6, 6.07) is 10.8. The molecule has 1 aliphatic rings. The number of anilines is 2. The molecule has 2 aromatic rings. The molecule has 1 aromatic heterocycles. The quantitative estimate of drug-likeness (QED) is 0.687. The van der Waals surface area contributed by atoms with E-state index in [4.69, 9.17) is 4.74 Å². The van der Waals surface area contributed by atoms with Crippen LogP contribution in [0, 0.1) is 5.21 Å². The molecule has 1 saturated heterocycles. The Labute approximate surface area is 128 Å². The first-order chi connectivity index (χ1) is 10.7. The number of pyridine rings is 1. The summed E-state index contributed by atoms with van der Waals surface area (Å²) in [7, 11) is 0. The molecule has 0 bridgehead atoms. The average molecular weight is 299 g/mol. The zero-order valence-electron chi connectivity index (χ0n) is 12.1. The third-order valence-electron chi connectivity index (χ3n) is 3.54. The van der Waals surface area contributed by atoms with Gasteiger partial charge in [-0.05, 0) is 30.3 Å². The normalized spacial score (nSPS) is 14.6. The molecular weight excluding hydrogens is 282 g/mol. The predicted octanol–water partition coefficient (Wildman–Crippen LogP) is 1.41. The summed E-state index contributed by atoms with van der Waals surface area (Å²) in [5.74, 6) is -0.302. The molecule has 0 unspecified atom stereocenters. The van der Waals surface area contributed by atoms with Gasteiger partial charge in [-0.3, -0.25) is 4.79 Å². The van der Waals surface area contributed by atoms with Crippen molar-refractivity contribution < 1.29 is 14.3 Å². The summed E-state index contributed by atoms with van der Waals surface area (Å²) in [4.78, 5) is 14.3. The minimum absolute atomic E-state index is 0.302. The van der Waals surface area contributed by atoms with Gasteiger partial charge in [0, 0.05) is 30.5 Å². The van der Waals surface area contributed by atoms with E-state index in [1.54, 1.807) is 12.1 Å². The van der Waals surface area contributed by atoms with Gasteiger partial charge >= 0.3 is 0 Å². The first-order valence-electron chi connectivity index (χ1n) is 7.15. The molecule has 0 atom stereocenters. The standard InChI is InChI=1S/C16H17N3O3/c20-16(13-2-1-7-19(21)12-13)17-14-3-5-15(6-4-14)18-8-10-22-11-9-18/h1-7,12H,8-11H2,(H,17,20). The second-order valence-corrected chi connectivity index (χ2v) is 5.05. The van der Waals surface area contributed by atoms with Crippen LogP contribution >= 0.6 is 0 Å². The van der Waals surface area contributed by atoms with Gasteiger partial charge in [0.05, 0.1) is 13.2 Å². The zero-order chi connectivity index (χ0) is 15.4. The maximum absolute atomic E-state index is 12.1. The molecule has 1 aliphatic heterocycles. The number of morpholine rings is 1. The fourth-order valence-electron chi connectivity index (χ4n) is 2.37. The van der Waals surface area contributed by atoms with Gasteiger partial charge in [0.1, 0.15) is 5.56 Å². The van der Waals surface area contributed by atoms with E-state index in [9.17, 15) is 10.0 Å². The molecule has 0 spiro atoms. The molecular formula is C16H17N3O3. The lowest BCUT2D eigenvalue weighted by Crippen LogP contribution is -2.36. The van der Waals surface area contributed by atoms with Crippen molar-refractivity contribution >= 4 is 17.3 Å². The summed E-state index contributed by atoms with van der Waals surface area (Å²) >= 11 is 0. The van der Waals surface area contributed by atoms with E-state index in [0.717, 1.165) is 32.0 Å². The maximum Gasteiger partial charge on any atom is 0.261 e. The number of amides is 1. The van der Waals surface area contributed by atoms with Crippen LogP contribution in [0.25, 0.3) is 0 Å². The number of carbonyl (C=O) groups is 1. The van der Waals surface area contributed by atoms with E-state index in [1.807, 2.05) is 24.3 Å². The van der Waals surface area contributed by atoms with Gasteiger partial charge in [0.25, 0.3) is 5.91 Å². The second-order valence-electron chi connectivity index (χ2n) is 5.05. The van der Waals surface area contributed by atoms with Crippen LogP contribution < -0.4 is 14.9 Å². The van der Waals surface area contributed by atoms with E-state index < -0.39 is 0 Å². The predicted molar refractivity (Wildman–Crippen MR) is 82.8 cm³/mol. The number of nitrogens with one attached hydrogen (secondary N) is 1. The van der Waals surface area contributed by atoms with Crippen LogP contribution in [0.1, 0.15) is 10.4 Å². The third-order valence-corrected chi connectivity index (χ3v) is 3.54. The monoisotopic (exact) mass is 299 g/mol. The fraction of sp³-hybridized carbons (Fsp3) is 0.250. The van der Waals surface area contributed by atoms with Crippen molar-refractivity contribution in [2.45, 2.75) is 0 Å². The van der Waals surface area contributed by atoms with Crippen LogP contribution in [0.15, 0.2) is 48.8 Å². The Bertz CT molecular complexity index is 652. The van der Waals surface area contributed by atoms with Gasteiger partial charge in [0.15, 0.2) is 12.4 Å². The van der Waals surface area contributed by atoms with Crippen LogP contribution in [-0.2, 0) is 4.74 Å². The summed E-state index contributed by atoms with van der Waals surface area (Å²) in [6.45, 7) is 3.22. The van der Waals surface area contributed by atoms with Gasteiger partial charge in [-0.2, -0.15) is 4.73 Å². The molecule has 6 nitrogen and oxygen atoms in total. The van der Waals surface area contributed by atoms with Crippen LogP contribution in [0.4, 0.5) is 11.4 Å². The average Bonchev–Trinajstić information content (AvgIpc) is 2.56. The topological polar surface area (TPSA) is 68.5 Å². The first kappa shape index (κ1) is 14.3. The summed E-state index contributed by atoms with van der Waals surface area (Å²) in [5.41, 5.74) is 2.14. The largest absolute Gasteiger partial charge is 0.619 e. The van der Waals surface area contributed by atoms with Crippen LogP contribution in [0.3, 0.4) is 0 Å². The Hall–Kier alpha value is -2.60. The van der Waals surface area contributed by atoms with E-state index >= 15 is 0 Å². The minimum Gasteiger partial charge on any atom is -0.619 e. The van der Waals surface area contributed by atoms with Crippen molar-refractivity contribution in [3.63, 3.8) is 0 Å². The molecule has 2 heterocycles. The van der Waals surface area contributed by atoms with E-state index in [0.29, 0.717) is 16.0 Å². The van der Waals surface area contributed by atoms with Gasteiger partial charge < -0.3 is 20.2 Å². The second kappa shape index (κ2) is 6.44. The van der Waals surface area contributed by atoms with Gasteiger partial charge in [-0.15, -0.1) is 0 Å². The summed E-state index contributed by atoms with van der Waals surface area (Å²) in [6.07, 6.45) is 2.59. The number of aromatic nitrogens is 1. The lowest BCUT2D eigenvalue weighted by molar-refractivity contribution is -0.605. The summed E-state index contributed by atoms with van der Waals surface area (Å²) < 4.78 is 5.94. The van der Waals surface area contributed by atoms with E-state index in [-0.39, 0.29) is 5.91 Å². The van der Waals surface area contributed by atoms with Crippen molar-refractivity contribution in [1.82, 2.24) is 0 Å². The van der Waals surface area contributed by atoms with Crippen molar-refractivity contribution in [3.05, 3.63) is 59.6 Å². The Morgan fingerprint density at radius 1 is 1.18 bits per heavy atom. The zero-order valence-corrected chi connectivity index (χ0v) is 12.1. The number of benzene rings is 1. The van der Waals surface area contributed by atoms with Gasteiger partial charge in [0.2, 0.25) is 0 Å². The number of rotatable bonds is 3. The Morgan fingerprint density at radius 2 is 1.91 bits per heavy atom. The van der Waals surface area contributed by atoms with Crippen molar-refractivity contribution in [2.24, 2.45) is 0 Å². The number of hydrogen-bond acceptors (Lipinski definition) is 4. The summed E-state index contributed by atoms with van der Waals surface area (Å²) in [5, 5.41) is 14.0. The number of hydrogen-bond donors (Lipinski definition) is 1. The Balaban J connectivity index is 1.66. The molecule has 0 radical (unpaired) electrons. The fourth-order valence-corrected chi connectivity index (χ4v) is 2.37. The van der Waals surface area contributed by atoms with Gasteiger partial charge in [-0.25, -0.2) is 0 Å². The Kier molecular flexibility index (Phi) is 4.20. The minimum atomic E-state index is -0.302. The molecule has 1 N–H and O–H groups in total. The highest BCUT2D eigenvalue weighted by atomic mass is 16.5. The van der Waals surface area contributed by atoms with Crippen LogP contribution in [0.2, 0.25) is 0 Å². The van der Waals surface area contributed by atoms with Crippen LogP contribution in [0.5, 0.6) is 0 Å². The number of nitrogens with zero attached hydrogens (tertiary/aromatic N) is 2. The first-order valence-corrected chi connectivity index (χ1v) is 7.15. The van der Waals surface area contributed by atoms with Crippen molar-refractivity contribution in [2.75, 3.05) is 36.5 Å². The SMILES string of the molecule is O=C(Nc1ccc(N2CCOCC2)cc1)c1ccc[n+]([O-])c1. The molecule has 1 aromatic carbocycles. The number of carbonyl (C=O) groups excluding carboxylic acids is 1. The molecule has 22 heavy (non-hydrogen) atoms. The molecule has 0 saturated carbocycles. The lowest BCUT2D eigenvalue weighted by atomic mass is 10.2. The van der Waals surface area contributed by atoms with Crippen molar-refractivity contribution in [3.8, 4) is 0 Å². The maximum atomic E-state index is 12.1. The molecule has 6 heteroatoms. The Morgan fingerprint density at radius 3 is 2.59 bits per heavy atom.